The molecular formula is C19H20N4O2S2. The molecule has 2 N–H and O–H groups in total. The molecule has 0 aliphatic rings. The van der Waals surface area contributed by atoms with E-state index in [0.717, 1.165) is 27.0 Å². The number of carbonyl (C=O) groups is 1. The fourth-order valence-corrected chi connectivity index (χ4v) is 4.13. The highest BCUT2D eigenvalue weighted by Gasteiger charge is 2.17. The van der Waals surface area contributed by atoms with Crippen molar-refractivity contribution in [2.45, 2.75) is 23.4 Å². The molecule has 0 fully saturated rings. The minimum Gasteiger partial charge on any atom is -0.497 e. The molecule has 0 bridgehead atoms. The van der Waals surface area contributed by atoms with Gasteiger partial charge in [-0.15, -0.1) is 10.2 Å². The van der Waals surface area contributed by atoms with Gasteiger partial charge in [0.1, 0.15) is 5.75 Å². The number of amides is 1. The molecule has 6 nitrogen and oxygen atoms in total. The first-order valence-electron chi connectivity index (χ1n) is 8.32. The Kier molecular flexibility index (Phi) is 6.31. The number of rotatable bonds is 7. The predicted molar refractivity (Wildman–Crippen MR) is 111 cm³/mol. The third kappa shape index (κ3) is 5.45. The number of hydrogen-bond acceptors (Lipinski definition) is 7. The summed E-state index contributed by atoms with van der Waals surface area (Å²) in [4.78, 5) is 12.4. The molecule has 0 radical (unpaired) electrons. The Labute approximate surface area is 166 Å². The van der Waals surface area contributed by atoms with Gasteiger partial charge in [0.15, 0.2) is 4.34 Å². The van der Waals surface area contributed by atoms with Crippen molar-refractivity contribution < 1.29 is 9.53 Å². The SMILES string of the molecule is COc1cccc(Nc2nnc(S[C@H](C)C(=O)Nc3ccc(C)cc3)s2)c1. The zero-order chi connectivity index (χ0) is 19.2. The monoisotopic (exact) mass is 400 g/mol. The molecule has 140 valence electrons. The van der Waals surface area contributed by atoms with E-state index in [1.54, 1.807) is 7.11 Å². The van der Waals surface area contributed by atoms with Crippen molar-refractivity contribution in [2.75, 3.05) is 17.7 Å². The fourth-order valence-electron chi connectivity index (χ4n) is 2.22. The highest BCUT2D eigenvalue weighted by molar-refractivity contribution is 8.02. The van der Waals surface area contributed by atoms with Crippen molar-refractivity contribution in [3.05, 3.63) is 54.1 Å². The number of anilines is 3. The van der Waals surface area contributed by atoms with Crippen LogP contribution in [0, 0.1) is 6.92 Å². The Morgan fingerprint density at radius 2 is 1.93 bits per heavy atom. The van der Waals surface area contributed by atoms with Crippen LogP contribution in [0.2, 0.25) is 0 Å². The van der Waals surface area contributed by atoms with Gasteiger partial charge in [0, 0.05) is 17.4 Å². The molecule has 3 aromatic rings. The van der Waals surface area contributed by atoms with Gasteiger partial charge in [-0.05, 0) is 38.1 Å². The first-order valence-corrected chi connectivity index (χ1v) is 10.0. The van der Waals surface area contributed by atoms with Gasteiger partial charge in [-0.2, -0.15) is 0 Å². The van der Waals surface area contributed by atoms with Crippen molar-refractivity contribution in [3.8, 4) is 5.75 Å². The highest BCUT2D eigenvalue weighted by Crippen LogP contribution is 2.31. The van der Waals surface area contributed by atoms with Crippen LogP contribution in [0.3, 0.4) is 0 Å². The summed E-state index contributed by atoms with van der Waals surface area (Å²) in [5.74, 6) is 0.696. The van der Waals surface area contributed by atoms with Crippen molar-refractivity contribution in [2.24, 2.45) is 0 Å². The molecule has 1 amide bonds. The van der Waals surface area contributed by atoms with Crippen LogP contribution in [0.4, 0.5) is 16.5 Å². The maximum atomic E-state index is 12.4. The first kappa shape index (κ1) is 19.2. The topological polar surface area (TPSA) is 76.1 Å². The van der Waals surface area contributed by atoms with Crippen molar-refractivity contribution in [3.63, 3.8) is 0 Å². The molecule has 0 spiro atoms. The summed E-state index contributed by atoms with van der Waals surface area (Å²) in [6, 6.07) is 15.3. The van der Waals surface area contributed by atoms with Crippen molar-refractivity contribution >= 4 is 45.5 Å². The average Bonchev–Trinajstić information content (AvgIpc) is 3.10. The summed E-state index contributed by atoms with van der Waals surface area (Å²) in [7, 11) is 1.63. The normalized spacial score (nSPS) is 11.7. The molecule has 8 heteroatoms. The lowest BCUT2D eigenvalue weighted by Gasteiger charge is -2.10. The summed E-state index contributed by atoms with van der Waals surface area (Å²) >= 11 is 2.79. The smallest absolute Gasteiger partial charge is 0.237 e. The number of hydrogen-bond donors (Lipinski definition) is 2. The zero-order valence-electron chi connectivity index (χ0n) is 15.2. The van der Waals surface area contributed by atoms with Gasteiger partial charge >= 0.3 is 0 Å². The fraction of sp³-hybridized carbons (Fsp3) is 0.211. The van der Waals surface area contributed by atoms with Gasteiger partial charge in [0.2, 0.25) is 11.0 Å². The van der Waals surface area contributed by atoms with Crippen LogP contribution in [0.5, 0.6) is 5.75 Å². The highest BCUT2D eigenvalue weighted by atomic mass is 32.2. The number of aryl methyl sites for hydroxylation is 1. The zero-order valence-corrected chi connectivity index (χ0v) is 16.9. The van der Waals surface area contributed by atoms with Gasteiger partial charge in [0.05, 0.1) is 12.4 Å². The summed E-state index contributed by atoms with van der Waals surface area (Å²) in [5.41, 5.74) is 2.81. The molecule has 0 aliphatic heterocycles. The summed E-state index contributed by atoms with van der Waals surface area (Å²) < 4.78 is 5.94. The van der Waals surface area contributed by atoms with Gasteiger partial charge in [-0.1, -0.05) is 46.9 Å². The van der Waals surface area contributed by atoms with Gasteiger partial charge < -0.3 is 15.4 Å². The van der Waals surface area contributed by atoms with Crippen LogP contribution in [0.1, 0.15) is 12.5 Å². The van der Waals surface area contributed by atoms with E-state index < -0.39 is 0 Å². The van der Waals surface area contributed by atoms with E-state index in [2.05, 4.69) is 20.8 Å². The number of methoxy groups -OCH3 is 1. The molecule has 1 aromatic heterocycles. The third-order valence-electron chi connectivity index (χ3n) is 3.69. The Morgan fingerprint density at radius 1 is 1.15 bits per heavy atom. The second-order valence-electron chi connectivity index (χ2n) is 5.85. The first-order chi connectivity index (χ1) is 13.0. The Bertz CT molecular complexity index is 912. The Balaban J connectivity index is 1.57. The van der Waals surface area contributed by atoms with Crippen molar-refractivity contribution in [1.29, 1.82) is 0 Å². The molecule has 0 saturated carbocycles. The summed E-state index contributed by atoms with van der Waals surface area (Å²) in [6.45, 7) is 3.86. The summed E-state index contributed by atoms with van der Waals surface area (Å²) in [6.07, 6.45) is 0. The molecule has 0 unspecified atom stereocenters. The van der Waals surface area contributed by atoms with E-state index in [9.17, 15) is 4.79 Å². The van der Waals surface area contributed by atoms with E-state index in [4.69, 9.17) is 4.74 Å². The van der Waals surface area contributed by atoms with E-state index in [1.807, 2.05) is 62.4 Å². The standard InChI is InChI=1S/C19H20N4O2S2/c1-12-7-9-14(10-8-12)20-17(24)13(2)26-19-23-22-18(27-19)21-15-5-4-6-16(11-15)25-3/h4-11,13H,1-3H3,(H,20,24)(H,21,22)/t13-/m1/s1. The average molecular weight is 401 g/mol. The van der Waals surface area contributed by atoms with Gasteiger partial charge in [-0.3, -0.25) is 4.79 Å². The molecule has 27 heavy (non-hydrogen) atoms. The lowest BCUT2D eigenvalue weighted by atomic mass is 10.2. The largest absolute Gasteiger partial charge is 0.497 e. The molecule has 1 heterocycles. The van der Waals surface area contributed by atoms with Crippen LogP contribution in [0.15, 0.2) is 52.9 Å². The quantitative estimate of drug-likeness (QED) is 0.559. The number of aromatic nitrogens is 2. The van der Waals surface area contributed by atoms with E-state index in [0.29, 0.717) is 5.13 Å². The number of nitrogens with one attached hydrogen (secondary N) is 2. The summed E-state index contributed by atoms with van der Waals surface area (Å²) in [5, 5.41) is 14.8. The lowest BCUT2D eigenvalue weighted by molar-refractivity contribution is -0.115. The molecule has 0 saturated heterocycles. The van der Waals surface area contributed by atoms with Gasteiger partial charge in [-0.25, -0.2) is 0 Å². The maximum absolute atomic E-state index is 12.4. The van der Waals surface area contributed by atoms with Crippen LogP contribution in [-0.4, -0.2) is 28.5 Å². The van der Waals surface area contributed by atoms with Crippen molar-refractivity contribution in [1.82, 2.24) is 10.2 Å². The lowest BCUT2D eigenvalue weighted by Crippen LogP contribution is -2.22. The third-order valence-corrected chi connectivity index (χ3v) is 5.72. The number of benzene rings is 2. The van der Waals surface area contributed by atoms with E-state index in [-0.39, 0.29) is 11.2 Å². The van der Waals surface area contributed by atoms with E-state index in [1.165, 1.54) is 23.1 Å². The van der Waals surface area contributed by atoms with Crippen LogP contribution < -0.4 is 15.4 Å². The number of carbonyl (C=O) groups excluding carboxylic acids is 1. The molecule has 1 atom stereocenters. The van der Waals surface area contributed by atoms with Gasteiger partial charge in [0.25, 0.3) is 0 Å². The minimum atomic E-state index is -0.288. The molecular weight excluding hydrogens is 380 g/mol. The number of ether oxygens (including phenoxy) is 1. The number of nitrogens with zero attached hydrogens (tertiary/aromatic N) is 2. The molecule has 0 aliphatic carbocycles. The van der Waals surface area contributed by atoms with E-state index >= 15 is 0 Å². The second-order valence-corrected chi connectivity index (χ2v) is 8.41. The maximum Gasteiger partial charge on any atom is 0.237 e. The van der Waals surface area contributed by atoms with Crippen LogP contribution in [0.25, 0.3) is 0 Å². The van der Waals surface area contributed by atoms with Crippen LogP contribution >= 0.6 is 23.1 Å². The minimum absolute atomic E-state index is 0.0682. The predicted octanol–water partition coefficient (Wildman–Crippen LogP) is 4.72. The second kappa shape index (κ2) is 8.88. The van der Waals surface area contributed by atoms with Crippen LogP contribution in [-0.2, 0) is 4.79 Å². The Hall–Kier alpha value is -2.58. The molecule has 3 rings (SSSR count). The molecule has 2 aromatic carbocycles. The number of thioether (sulfide) groups is 1. The Morgan fingerprint density at radius 3 is 2.67 bits per heavy atom.